The van der Waals surface area contributed by atoms with Gasteiger partial charge in [-0.05, 0) is 12.8 Å². The number of nitrogen functional groups attached to an aromatic ring is 1. The van der Waals surface area contributed by atoms with E-state index in [4.69, 9.17) is 5.73 Å². The molecule has 0 bridgehead atoms. The molecule has 112 valence electrons. The number of hydrogen-bond donors (Lipinski definition) is 3. The summed E-state index contributed by atoms with van der Waals surface area (Å²) in [5.74, 6) is -2.80. The summed E-state index contributed by atoms with van der Waals surface area (Å²) < 4.78 is 38.7. The lowest BCUT2D eigenvalue weighted by Gasteiger charge is -2.31. The molecule has 0 aliphatic heterocycles. The summed E-state index contributed by atoms with van der Waals surface area (Å²) in [6.45, 7) is 0.0856. The first-order valence-corrected chi connectivity index (χ1v) is 6.51. The number of carbonyl (C=O) groups is 1. The van der Waals surface area contributed by atoms with Crippen LogP contribution in [0.5, 0.6) is 0 Å². The molecule has 2 atom stereocenters. The van der Waals surface area contributed by atoms with Gasteiger partial charge in [0.15, 0.2) is 0 Å². The Kier molecular flexibility index (Phi) is 4.20. The number of halogens is 3. The highest BCUT2D eigenvalue weighted by Gasteiger charge is 2.47. The fourth-order valence-electron chi connectivity index (χ4n) is 2.61. The van der Waals surface area contributed by atoms with Gasteiger partial charge in [-0.25, -0.2) is 0 Å². The van der Waals surface area contributed by atoms with Gasteiger partial charge in [0.25, 0.3) is 0 Å². The highest BCUT2D eigenvalue weighted by atomic mass is 19.4. The van der Waals surface area contributed by atoms with Crippen LogP contribution in [-0.4, -0.2) is 22.3 Å². The van der Waals surface area contributed by atoms with Crippen LogP contribution >= 0.6 is 0 Å². The largest absolute Gasteiger partial charge is 0.392 e. The van der Waals surface area contributed by atoms with Crippen molar-refractivity contribution >= 4 is 11.7 Å². The van der Waals surface area contributed by atoms with Crippen molar-refractivity contribution in [2.75, 3.05) is 5.73 Å². The average molecular weight is 290 g/mol. The van der Waals surface area contributed by atoms with Gasteiger partial charge in [-0.15, -0.1) is 0 Å². The van der Waals surface area contributed by atoms with Crippen LogP contribution in [0.1, 0.15) is 31.2 Å². The maximum Gasteiger partial charge on any atom is 0.392 e. The third-order valence-electron chi connectivity index (χ3n) is 3.73. The fourth-order valence-corrected chi connectivity index (χ4v) is 2.61. The minimum absolute atomic E-state index is 0.0232. The highest BCUT2D eigenvalue weighted by Crippen LogP contribution is 2.41. The standard InChI is InChI=1S/C12H17F3N4O/c13-12(14,15)9-4-2-1-3-8(9)11(20)17-5-7-6-18-19-10(7)16/h6,8-9H,1-5H2,(H,17,20)(H3,16,18,19). The highest BCUT2D eigenvalue weighted by molar-refractivity contribution is 5.79. The van der Waals surface area contributed by atoms with Crippen LogP contribution in [0.2, 0.25) is 0 Å². The Labute approximate surface area is 114 Å². The molecular formula is C12H17F3N4O. The van der Waals surface area contributed by atoms with Crippen LogP contribution in [0.4, 0.5) is 19.0 Å². The number of nitrogens with zero attached hydrogens (tertiary/aromatic N) is 1. The van der Waals surface area contributed by atoms with Crippen molar-refractivity contribution in [3.05, 3.63) is 11.8 Å². The van der Waals surface area contributed by atoms with E-state index in [2.05, 4.69) is 15.5 Å². The number of rotatable bonds is 3. The van der Waals surface area contributed by atoms with Crippen LogP contribution in [0.3, 0.4) is 0 Å². The van der Waals surface area contributed by atoms with Gasteiger partial charge in [-0.3, -0.25) is 9.89 Å². The van der Waals surface area contributed by atoms with Crippen LogP contribution in [0, 0.1) is 11.8 Å². The normalized spacial score (nSPS) is 23.6. The molecule has 20 heavy (non-hydrogen) atoms. The molecule has 4 N–H and O–H groups in total. The van der Waals surface area contributed by atoms with Crippen molar-refractivity contribution in [1.82, 2.24) is 15.5 Å². The average Bonchev–Trinajstić information content (AvgIpc) is 2.80. The third kappa shape index (κ3) is 3.23. The number of alkyl halides is 3. The molecule has 0 aromatic carbocycles. The van der Waals surface area contributed by atoms with E-state index in [-0.39, 0.29) is 19.4 Å². The van der Waals surface area contributed by atoms with Crippen molar-refractivity contribution in [3.8, 4) is 0 Å². The molecule has 1 aliphatic carbocycles. The van der Waals surface area contributed by atoms with Crippen molar-refractivity contribution in [2.24, 2.45) is 11.8 Å². The second-order valence-electron chi connectivity index (χ2n) is 5.07. The van der Waals surface area contributed by atoms with Gasteiger partial charge in [0, 0.05) is 18.0 Å². The summed E-state index contributed by atoms with van der Waals surface area (Å²) in [5.41, 5.74) is 6.12. The molecule has 1 aromatic heterocycles. The number of amides is 1. The molecule has 1 aromatic rings. The maximum absolute atomic E-state index is 12.9. The summed E-state index contributed by atoms with van der Waals surface area (Å²) in [6.07, 6.45) is -1.41. The zero-order chi connectivity index (χ0) is 14.8. The lowest BCUT2D eigenvalue weighted by atomic mass is 9.78. The lowest BCUT2D eigenvalue weighted by Crippen LogP contribution is -2.42. The second kappa shape index (κ2) is 5.72. The topological polar surface area (TPSA) is 83.8 Å². The van der Waals surface area contributed by atoms with E-state index in [0.29, 0.717) is 24.2 Å². The first-order chi connectivity index (χ1) is 9.39. The minimum Gasteiger partial charge on any atom is -0.384 e. The van der Waals surface area contributed by atoms with Gasteiger partial charge in [0.2, 0.25) is 5.91 Å². The number of nitrogens with one attached hydrogen (secondary N) is 2. The fraction of sp³-hybridized carbons (Fsp3) is 0.667. The molecule has 5 nitrogen and oxygen atoms in total. The van der Waals surface area contributed by atoms with Crippen LogP contribution in [-0.2, 0) is 11.3 Å². The number of anilines is 1. The van der Waals surface area contributed by atoms with Crippen molar-refractivity contribution in [1.29, 1.82) is 0 Å². The lowest BCUT2D eigenvalue weighted by molar-refractivity contribution is -0.198. The van der Waals surface area contributed by atoms with Gasteiger partial charge in [0.1, 0.15) is 5.82 Å². The van der Waals surface area contributed by atoms with Crippen LogP contribution < -0.4 is 11.1 Å². The molecule has 8 heteroatoms. The summed E-state index contributed by atoms with van der Waals surface area (Å²) >= 11 is 0. The minimum atomic E-state index is -4.32. The van der Waals surface area contributed by atoms with Crippen molar-refractivity contribution in [3.63, 3.8) is 0 Å². The number of nitrogens with two attached hydrogens (primary N) is 1. The predicted octanol–water partition coefficient (Wildman–Crippen LogP) is 1.98. The quantitative estimate of drug-likeness (QED) is 0.796. The monoisotopic (exact) mass is 290 g/mol. The summed E-state index contributed by atoms with van der Waals surface area (Å²) in [7, 11) is 0. The number of aromatic nitrogens is 2. The maximum atomic E-state index is 12.9. The van der Waals surface area contributed by atoms with Gasteiger partial charge >= 0.3 is 6.18 Å². The van der Waals surface area contributed by atoms with Crippen LogP contribution in [0.25, 0.3) is 0 Å². The van der Waals surface area contributed by atoms with Crippen molar-refractivity contribution in [2.45, 2.75) is 38.4 Å². The SMILES string of the molecule is Nc1[nH]ncc1CNC(=O)C1CCCCC1C(F)(F)F. The number of hydrogen-bond acceptors (Lipinski definition) is 3. The molecule has 1 heterocycles. The molecule has 0 radical (unpaired) electrons. The van der Waals surface area contributed by atoms with E-state index >= 15 is 0 Å². The van der Waals surface area contributed by atoms with Gasteiger partial charge in [-0.2, -0.15) is 18.3 Å². The Hall–Kier alpha value is -1.73. The van der Waals surface area contributed by atoms with Gasteiger partial charge < -0.3 is 11.1 Å². The van der Waals surface area contributed by atoms with E-state index in [1.165, 1.54) is 6.20 Å². The number of carbonyl (C=O) groups excluding carboxylic acids is 1. The second-order valence-corrected chi connectivity index (χ2v) is 5.07. The Morgan fingerprint density at radius 2 is 2.15 bits per heavy atom. The summed E-state index contributed by atoms with van der Waals surface area (Å²) in [6, 6.07) is 0. The van der Waals surface area contributed by atoms with Gasteiger partial charge in [0.05, 0.1) is 12.1 Å². The van der Waals surface area contributed by atoms with E-state index in [1.807, 2.05) is 0 Å². The summed E-state index contributed by atoms with van der Waals surface area (Å²) in [5, 5.41) is 8.71. The van der Waals surface area contributed by atoms with Crippen molar-refractivity contribution < 1.29 is 18.0 Å². The molecule has 0 saturated heterocycles. The zero-order valence-corrected chi connectivity index (χ0v) is 10.8. The first kappa shape index (κ1) is 14.7. The molecule has 2 unspecified atom stereocenters. The van der Waals surface area contributed by atoms with Crippen LogP contribution in [0.15, 0.2) is 6.20 Å². The molecular weight excluding hydrogens is 273 g/mol. The molecule has 1 fully saturated rings. The number of aromatic amines is 1. The summed E-state index contributed by atoms with van der Waals surface area (Å²) in [4.78, 5) is 12.0. The smallest absolute Gasteiger partial charge is 0.384 e. The van der Waals surface area contributed by atoms with E-state index in [1.54, 1.807) is 0 Å². The molecule has 1 aliphatic rings. The molecule has 2 rings (SSSR count). The first-order valence-electron chi connectivity index (χ1n) is 6.51. The predicted molar refractivity (Wildman–Crippen MR) is 66.3 cm³/mol. The van der Waals surface area contributed by atoms with E-state index in [0.717, 1.165) is 0 Å². The van der Waals surface area contributed by atoms with E-state index in [9.17, 15) is 18.0 Å². The zero-order valence-electron chi connectivity index (χ0n) is 10.8. The van der Waals surface area contributed by atoms with Gasteiger partial charge in [-0.1, -0.05) is 12.8 Å². The Morgan fingerprint density at radius 3 is 2.75 bits per heavy atom. The van der Waals surface area contributed by atoms with E-state index < -0.39 is 23.9 Å². The molecule has 0 spiro atoms. The Morgan fingerprint density at radius 1 is 1.45 bits per heavy atom. The Balaban J connectivity index is 1.98. The molecule has 1 amide bonds. The Bertz CT molecular complexity index is 472. The third-order valence-corrected chi connectivity index (χ3v) is 3.73. The molecule has 1 saturated carbocycles. The number of H-pyrrole nitrogens is 1.